The fourth-order valence-corrected chi connectivity index (χ4v) is 1.60. The topological polar surface area (TPSA) is 59.1 Å². The number of hydrogen-bond acceptors (Lipinski definition) is 3. The Labute approximate surface area is 85.5 Å². The predicted octanol–water partition coefficient (Wildman–Crippen LogP) is 0.741. The Balaban J connectivity index is 2.20. The Hall–Kier alpha value is -1.78. The van der Waals surface area contributed by atoms with Crippen molar-refractivity contribution in [1.82, 2.24) is 10.3 Å². The molecule has 1 aliphatic rings. The van der Waals surface area contributed by atoms with E-state index in [9.17, 15) is 14.0 Å². The van der Waals surface area contributed by atoms with Crippen LogP contribution in [0, 0.1) is 5.95 Å². The zero-order valence-corrected chi connectivity index (χ0v) is 7.87. The van der Waals surface area contributed by atoms with Gasteiger partial charge in [-0.15, -0.1) is 0 Å². The van der Waals surface area contributed by atoms with E-state index in [4.69, 9.17) is 0 Å². The van der Waals surface area contributed by atoms with Crippen LogP contribution in [-0.2, 0) is 9.59 Å². The number of carbonyl (C=O) groups is 2. The predicted molar refractivity (Wildman–Crippen MR) is 49.3 cm³/mol. The highest BCUT2D eigenvalue weighted by molar-refractivity contribution is 6.00. The maximum absolute atomic E-state index is 12.5. The van der Waals surface area contributed by atoms with E-state index >= 15 is 0 Å². The Bertz CT molecular complexity index is 402. The highest BCUT2D eigenvalue weighted by Gasteiger charge is 2.27. The number of nitrogens with one attached hydrogen (secondary N) is 1. The van der Waals surface area contributed by atoms with Gasteiger partial charge in [0.1, 0.15) is 0 Å². The standard InChI is InChI=1S/C10H9FN2O2/c11-8-3-1-6(5-12-8)7-2-4-9(14)13-10(7)15/h1,3,5,7H,2,4H2,(H,13,14,15)/t7-/m0/s1. The number of piperidine rings is 1. The number of amides is 2. The van der Waals surface area contributed by atoms with Gasteiger partial charge in [-0.2, -0.15) is 4.39 Å². The van der Waals surface area contributed by atoms with Crippen molar-refractivity contribution in [2.24, 2.45) is 0 Å². The van der Waals surface area contributed by atoms with Crippen LogP contribution in [0.4, 0.5) is 4.39 Å². The second-order valence-electron chi connectivity index (χ2n) is 3.42. The van der Waals surface area contributed by atoms with Gasteiger partial charge < -0.3 is 0 Å². The van der Waals surface area contributed by atoms with E-state index in [0.29, 0.717) is 18.4 Å². The lowest BCUT2D eigenvalue weighted by molar-refractivity contribution is -0.134. The first-order valence-corrected chi connectivity index (χ1v) is 4.62. The second kappa shape index (κ2) is 3.76. The molecule has 1 atom stereocenters. The normalized spacial score (nSPS) is 21.3. The lowest BCUT2D eigenvalue weighted by Gasteiger charge is -2.20. The van der Waals surface area contributed by atoms with Crippen LogP contribution in [0.1, 0.15) is 24.3 Å². The molecule has 2 heterocycles. The van der Waals surface area contributed by atoms with Crippen molar-refractivity contribution in [2.45, 2.75) is 18.8 Å². The van der Waals surface area contributed by atoms with Gasteiger partial charge in [0.25, 0.3) is 0 Å². The van der Waals surface area contributed by atoms with Gasteiger partial charge in [0.2, 0.25) is 17.8 Å². The highest BCUT2D eigenvalue weighted by Crippen LogP contribution is 2.23. The Morgan fingerprint density at radius 3 is 2.80 bits per heavy atom. The van der Waals surface area contributed by atoms with Crippen LogP contribution < -0.4 is 5.32 Å². The van der Waals surface area contributed by atoms with Crippen molar-refractivity contribution < 1.29 is 14.0 Å². The quantitative estimate of drug-likeness (QED) is 0.547. The first-order valence-electron chi connectivity index (χ1n) is 4.62. The first-order chi connectivity index (χ1) is 7.16. The molecule has 15 heavy (non-hydrogen) atoms. The number of pyridine rings is 1. The van der Waals surface area contributed by atoms with Crippen molar-refractivity contribution >= 4 is 11.8 Å². The van der Waals surface area contributed by atoms with Crippen LogP contribution >= 0.6 is 0 Å². The van der Waals surface area contributed by atoms with Crippen LogP contribution in [0.3, 0.4) is 0 Å². The molecule has 0 saturated carbocycles. The van der Waals surface area contributed by atoms with Gasteiger partial charge in [-0.3, -0.25) is 14.9 Å². The number of nitrogens with zero attached hydrogens (tertiary/aromatic N) is 1. The Morgan fingerprint density at radius 2 is 2.20 bits per heavy atom. The van der Waals surface area contributed by atoms with Gasteiger partial charge in [0, 0.05) is 12.6 Å². The van der Waals surface area contributed by atoms with Gasteiger partial charge in [-0.05, 0) is 18.1 Å². The number of rotatable bonds is 1. The summed E-state index contributed by atoms with van der Waals surface area (Å²) in [5.74, 6) is -1.56. The molecule has 5 heteroatoms. The fraction of sp³-hybridized carbons (Fsp3) is 0.300. The third-order valence-corrected chi connectivity index (χ3v) is 2.39. The van der Waals surface area contributed by atoms with Gasteiger partial charge in [-0.25, -0.2) is 4.98 Å². The maximum Gasteiger partial charge on any atom is 0.234 e. The summed E-state index contributed by atoms with van der Waals surface area (Å²) in [4.78, 5) is 25.8. The largest absolute Gasteiger partial charge is 0.296 e. The fourth-order valence-electron chi connectivity index (χ4n) is 1.60. The molecule has 1 fully saturated rings. The van der Waals surface area contributed by atoms with Gasteiger partial charge in [-0.1, -0.05) is 6.07 Å². The summed E-state index contributed by atoms with van der Waals surface area (Å²) in [5, 5.41) is 2.24. The Kier molecular flexibility index (Phi) is 2.45. The highest BCUT2D eigenvalue weighted by atomic mass is 19.1. The average molecular weight is 208 g/mol. The van der Waals surface area contributed by atoms with Crippen LogP contribution in [0.5, 0.6) is 0 Å². The van der Waals surface area contributed by atoms with Crippen LogP contribution in [0.15, 0.2) is 18.3 Å². The molecule has 1 saturated heterocycles. The van der Waals surface area contributed by atoms with Crippen molar-refractivity contribution in [3.8, 4) is 0 Å². The molecule has 0 aliphatic carbocycles. The van der Waals surface area contributed by atoms with Crippen molar-refractivity contribution in [1.29, 1.82) is 0 Å². The summed E-state index contributed by atoms with van der Waals surface area (Å²) in [6.45, 7) is 0. The zero-order chi connectivity index (χ0) is 10.8. The van der Waals surface area contributed by atoms with E-state index < -0.39 is 11.9 Å². The minimum atomic E-state index is -0.578. The van der Waals surface area contributed by atoms with Crippen molar-refractivity contribution in [2.75, 3.05) is 0 Å². The Morgan fingerprint density at radius 1 is 1.40 bits per heavy atom. The molecule has 0 unspecified atom stereocenters. The van der Waals surface area contributed by atoms with Gasteiger partial charge in [0.05, 0.1) is 5.92 Å². The monoisotopic (exact) mass is 208 g/mol. The molecule has 0 radical (unpaired) electrons. The van der Waals surface area contributed by atoms with E-state index in [1.54, 1.807) is 0 Å². The molecule has 1 aromatic heterocycles. The summed E-state index contributed by atoms with van der Waals surface area (Å²) in [7, 11) is 0. The van der Waals surface area contributed by atoms with E-state index in [2.05, 4.69) is 10.3 Å². The maximum atomic E-state index is 12.5. The first kappa shape index (κ1) is 9.76. The minimum Gasteiger partial charge on any atom is -0.296 e. The molecular formula is C10H9FN2O2. The SMILES string of the molecule is O=C1CC[C@@H](c2ccc(F)nc2)C(=O)N1. The summed E-state index contributed by atoms with van der Waals surface area (Å²) in [6.07, 6.45) is 2.10. The third-order valence-electron chi connectivity index (χ3n) is 2.39. The number of hydrogen-bond donors (Lipinski definition) is 1. The van der Waals surface area contributed by atoms with E-state index in [1.165, 1.54) is 18.3 Å². The molecule has 0 spiro atoms. The van der Waals surface area contributed by atoms with E-state index in [0.717, 1.165) is 0 Å². The molecule has 0 aromatic carbocycles. The number of imide groups is 1. The third kappa shape index (κ3) is 2.01. The summed E-state index contributed by atoms with van der Waals surface area (Å²) >= 11 is 0. The van der Waals surface area contributed by atoms with Gasteiger partial charge in [0.15, 0.2) is 0 Å². The molecule has 4 nitrogen and oxygen atoms in total. The number of aromatic nitrogens is 1. The molecule has 2 amide bonds. The summed E-state index contributed by atoms with van der Waals surface area (Å²) < 4.78 is 12.5. The second-order valence-corrected chi connectivity index (χ2v) is 3.42. The lowest BCUT2D eigenvalue weighted by atomic mass is 9.92. The lowest BCUT2D eigenvalue weighted by Crippen LogP contribution is -2.39. The summed E-state index contributed by atoms with van der Waals surface area (Å²) in [6, 6.07) is 2.72. The molecular weight excluding hydrogens is 199 g/mol. The molecule has 1 N–H and O–H groups in total. The van der Waals surface area contributed by atoms with Crippen LogP contribution in [0.25, 0.3) is 0 Å². The van der Waals surface area contributed by atoms with Gasteiger partial charge >= 0.3 is 0 Å². The van der Waals surface area contributed by atoms with Crippen LogP contribution in [0.2, 0.25) is 0 Å². The molecule has 78 valence electrons. The smallest absolute Gasteiger partial charge is 0.234 e. The molecule has 2 rings (SSSR count). The molecule has 1 aliphatic heterocycles. The number of carbonyl (C=O) groups excluding carboxylic acids is 2. The van der Waals surface area contributed by atoms with Crippen molar-refractivity contribution in [3.63, 3.8) is 0 Å². The summed E-state index contributed by atoms with van der Waals surface area (Å²) in [5.41, 5.74) is 0.640. The number of halogens is 1. The van der Waals surface area contributed by atoms with Crippen LogP contribution in [-0.4, -0.2) is 16.8 Å². The van der Waals surface area contributed by atoms with E-state index in [-0.39, 0.29) is 11.8 Å². The van der Waals surface area contributed by atoms with E-state index in [1.807, 2.05) is 0 Å². The molecule has 1 aromatic rings. The average Bonchev–Trinajstić information content (AvgIpc) is 2.20. The zero-order valence-electron chi connectivity index (χ0n) is 7.87. The van der Waals surface area contributed by atoms with Crippen molar-refractivity contribution in [3.05, 3.63) is 29.8 Å². The molecule has 0 bridgehead atoms. The minimum absolute atomic E-state index is 0.258.